The quantitative estimate of drug-likeness (QED) is 0.802. The van der Waals surface area contributed by atoms with E-state index in [2.05, 4.69) is 21.7 Å². The Kier molecular flexibility index (Phi) is 3.45. The van der Waals surface area contributed by atoms with E-state index in [0.717, 1.165) is 18.7 Å². The van der Waals surface area contributed by atoms with Crippen molar-refractivity contribution in [3.05, 3.63) is 18.5 Å². The number of hydrogen-bond donors (Lipinski definition) is 2. The molecule has 3 N–H and O–H groups in total. The van der Waals surface area contributed by atoms with Crippen molar-refractivity contribution in [1.29, 1.82) is 0 Å². The van der Waals surface area contributed by atoms with Crippen molar-refractivity contribution in [3.8, 4) is 0 Å². The molecule has 1 aliphatic rings. The Morgan fingerprint density at radius 1 is 1.56 bits per heavy atom. The van der Waals surface area contributed by atoms with E-state index in [0.29, 0.717) is 12.2 Å². The molecule has 0 bridgehead atoms. The monoisotopic (exact) mass is 250 g/mol. The lowest BCUT2D eigenvalue weighted by Crippen LogP contribution is -2.60. The Morgan fingerprint density at radius 3 is 2.83 bits per heavy atom. The SMILES string of the molecule is CN(C)[C@]1(C)CCN(c2ccncc2N)C[C@H]1O. The fourth-order valence-electron chi connectivity index (χ4n) is 2.45. The zero-order valence-electron chi connectivity index (χ0n) is 11.3. The average Bonchev–Trinajstić information content (AvgIpc) is 2.33. The van der Waals surface area contributed by atoms with Gasteiger partial charge >= 0.3 is 0 Å². The Labute approximate surface area is 108 Å². The van der Waals surface area contributed by atoms with Crippen molar-refractivity contribution < 1.29 is 5.11 Å². The number of aliphatic hydroxyl groups is 1. The normalized spacial score (nSPS) is 28.7. The molecule has 0 spiro atoms. The van der Waals surface area contributed by atoms with E-state index in [-0.39, 0.29) is 5.54 Å². The van der Waals surface area contributed by atoms with Crippen molar-refractivity contribution in [2.24, 2.45) is 0 Å². The van der Waals surface area contributed by atoms with Gasteiger partial charge in [-0.05, 0) is 33.5 Å². The van der Waals surface area contributed by atoms with Gasteiger partial charge in [-0.2, -0.15) is 0 Å². The van der Waals surface area contributed by atoms with E-state index in [1.807, 2.05) is 20.2 Å². The maximum Gasteiger partial charge on any atom is 0.0896 e. The number of nitrogen functional groups attached to an aromatic ring is 1. The second-order valence-electron chi connectivity index (χ2n) is 5.40. The van der Waals surface area contributed by atoms with Gasteiger partial charge in [0, 0.05) is 24.8 Å². The van der Waals surface area contributed by atoms with Crippen molar-refractivity contribution in [2.45, 2.75) is 25.0 Å². The van der Waals surface area contributed by atoms with Crippen molar-refractivity contribution in [1.82, 2.24) is 9.88 Å². The first-order valence-corrected chi connectivity index (χ1v) is 6.25. The van der Waals surface area contributed by atoms with Crippen LogP contribution >= 0.6 is 0 Å². The maximum atomic E-state index is 10.4. The van der Waals surface area contributed by atoms with Crippen LogP contribution in [0.4, 0.5) is 11.4 Å². The predicted octanol–water partition coefficient (Wildman–Crippen LogP) is 0.555. The fraction of sp³-hybridized carbons (Fsp3) is 0.615. The molecule has 2 heterocycles. The molecule has 1 saturated heterocycles. The smallest absolute Gasteiger partial charge is 0.0896 e. The Morgan fingerprint density at radius 2 is 2.28 bits per heavy atom. The summed E-state index contributed by atoms with van der Waals surface area (Å²) >= 11 is 0. The van der Waals surface area contributed by atoms with Crippen LogP contribution in [0, 0.1) is 0 Å². The summed E-state index contributed by atoms with van der Waals surface area (Å²) in [5.74, 6) is 0. The summed E-state index contributed by atoms with van der Waals surface area (Å²) in [5.41, 5.74) is 7.39. The number of aliphatic hydroxyl groups excluding tert-OH is 1. The number of rotatable bonds is 2. The predicted molar refractivity (Wildman–Crippen MR) is 73.6 cm³/mol. The summed E-state index contributed by atoms with van der Waals surface area (Å²) in [4.78, 5) is 8.23. The van der Waals surface area contributed by atoms with Gasteiger partial charge in [0.05, 0.1) is 23.7 Å². The summed E-state index contributed by atoms with van der Waals surface area (Å²) in [5, 5.41) is 10.4. The van der Waals surface area contributed by atoms with E-state index in [4.69, 9.17) is 5.73 Å². The summed E-state index contributed by atoms with van der Waals surface area (Å²) in [7, 11) is 4.03. The first kappa shape index (κ1) is 13.1. The minimum absolute atomic E-state index is 0.168. The number of hydrogen-bond acceptors (Lipinski definition) is 5. The van der Waals surface area contributed by atoms with Crippen molar-refractivity contribution in [3.63, 3.8) is 0 Å². The van der Waals surface area contributed by atoms with E-state index in [9.17, 15) is 5.11 Å². The number of nitrogens with zero attached hydrogens (tertiary/aromatic N) is 3. The third kappa shape index (κ3) is 2.15. The van der Waals surface area contributed by atoms with Crippen LogP contribution in [0.15, 0.2) is 18.5 Å². The number of anilines is 2. The molecular weight excluding hydrogens is 228 g/mol. The summed E-state index contributed by atoms with van der Waals surface area (Å²) in [6.45, 7) is 3.59. The van der Waals surface area contributed by atoms with Gasteiger partial charge in [-0.3, -0.25) is 4.98 Å². The molecule has 100 valence electrons. The first-order valence-electron chi connectivity index (χ1n) is 6.25. The molecule has 2 atom stereocenters. The van der Waals surface area contributed by atoms with Crippen LogP contribution in [-0.2, 0) is 0 Å². The third-order valence-electron chi connectivity index (χ3n) is 4.19. The van der Waals surface area contributed by atoms with Gasteiger partial charge in [0.2, 0.25) is 0 Å². The lowest BCUT2D eigenvalue weighted by atomic mass is 9.85. The van der Waals surface area contributed by atoms with Crippen LogP contribution in [0.1, 0.15) is 13.3 Å². The maximum absolute atomic E-state index is 10.4. The molecular formula is C13H22N4O. The Balaban J connectivity index is 2.16. The zero-order chi connectivity index (χ0) is 13.3. The molecule has 0 saturated carbocycles. The number of nitrogens with two attached hydrogens (primary N) is 1. The fourth-order valence-corrected chi connectivity index (χ4v) is 2.45. The number of aromatic nitrogens is 1. The lowest BCUT2D eigenvalue weighted by molar-refractivity contribution is -0.00765. The number of piperidine rings is 1. The molecule has 0 aromatic carbocycles. The van der Waals surface area contributed by atoms with Gasteiger partial charge in [0.1, 0.15) is 0 Å². The molecule has 5 heteroatoms. The largest absolute Gasteiger partial charge is 0.396 e. The molecule has 1 aromatic heterocycles. The highest BCUT2D eigenvalue weighted by Gasteiger charge is 2.40. The zero-order valence-corrected chi connectivity index (χ0v) is 11.3. The third-order valence-corrected chi connectivity index (χ3v) is 4.19. The van der Waals surface area contributed by atoms with Crippen LogP contribution in [-0.4, -0.2) is 53.8 Å². The molecule has 5 nitrogen and oxygen atoms in total. The van der Waals surface area contributed by atoms with Crippen LogP contribution in [0.5, 0.6) is 0 Å². The van der Waals surface area contributed by atoms with Crippen molar-refractivity contribution in [2.75, 3.05) is 37.8 Å². The van der Waals surface area contributed by atoms with Crippen LogP contribution in [0.25, 0.3) is 0 Å². The lowest BCUT2D eigenvalue weighted by Gasteiger charge is -2.48. The molecule has 2 rings (SSSR count). The van der Waals surface area contributed by atoms with Gasteiger partial charge in [0.25, 0.3) is 0 Å². The number of β-amino-alcohol motifs (C(OH)–C–C–N with tert-alkyl or cyclic N) is 1. The van der Waals surface area contributed by atoms with E-state index >= 15 is 0 Å². The Bertz CT molecular complexity index is 423. The summed E-state index contributed by atoms with van der Waals surface area (Å²) in [6.07, 6.45) is 3.90. The number of likely N-dealkylation sites (N-methyl/N-ethyl adjacent to an activating group) is 1. The van der Waals surface area contributed by atoms with Gasteiger partial charge in [0.15, 0.2) is 0 Å². The van der Waals surface area contributed by atoms with Gasteiger partial charge in [-0.1, -0.05) is 0 Å². The van der Waals surface area contributed by atoms with Crippen LogP contribution in [0.2, 0.25) is 0 Å². The highest BCUT2D eigenvalue weighted by molar-refractivity contribution is 5.66. The van der Waals surface area contributed by atoms with E-state index in [1.54, 1.807) is 12.4 Å². The van der Waals surface area contributed by atoms with E-state index < -0.39 is 6.10 Å². The van der Waals surface area contributed by atoms with Crippen molar-refractivity contribution >= 4 is 11.4 Å². The molecule has 1 fully saturated rings. The minimum Gasteiger partial charge on any atom is -0.396 e. The molecule has 0 radical (unpaired) electrons. The van der Waals surface area contributed by atoms with Gasteiger partial charge in [-0.25, -0.2) is 0 Å². The topological polar surface area (TPSA) is 65.6 Å². The van der Waals surface area contributed by atoms with Gasteiger partial charge < -0.3 is 20.6 Å². The molecule has 18 heavy (non-hydrogen) atoms. The average molecular weight is 250 g/mol. The van der Waals surface area contributed by atoms with Crippen LogP contribution in [0.3, 0.4) is 0 Å². The van der Waals surface area contributed by atoms with Crippen LogP contribution < -0.4 is 10.6 Å². The number of pyridine rings is 1. The highest BCUT2D eigenvalue weighted by atomic mass is 16.3. The Hall–Kier alpha value is -1.33. The minimum atomic E-state index is -0.395. The second kappa shape index (κ2) is 4.74. The molecule has 0 unspecified atom stereocenters. The van der Waals surface area contributed by atoms with E-state index in [1.165, 1.54) is 0 Å². The summed E-state index contributed by atoms with van der Waals surface area (Å²) in [6, 6.07) is 1.90. The molecule has 1 aromatic rings. The standard InChI is InChI=1S/C13H22N4O/c1-13(16(2)3)5-7-17(9-12(13)18)11-4-6-15-8-10(11)14/h4,6,8,12,18H,5,7,9,14H2,1-3H3/t12-,13-/m1/s1. The first-order chi connectivity index (χ1) is 8.45. The molecule has 0 aliphatic carbocycles. The second-order valence-corrected chi connectivity index (χ2v) is 5.40. The molecule has 1 aliphatic heterocycles. The van der Waals surface area contributed by atoms with Gasteiger partial charge in [-0.15, -0.1) is 0 Å². The highest BCUT2D eigenvalue weighted by Crippen LogP contribution is 2.31. The molecule has 0 amide bonds. The summed E-state index contributed by atoms with van der Waals surface area (Å²) < 4.78 is 0.